The van der Waals surface area contributed by atoms with E-state index in [2.05, 4.69) is 4.74 Å². The standard InChI is InChI=1S/C12H13ClO3/c1-4-16-12(15)11(14)10-7(2)5-6-9(13)8(10)3/h5-6H,4H2,1-3H3. The Kier molecular flexibility index (Phi) is 4.07. The number of ketones is 1. The average molecular weight is 241 g/mol. The molecule has 3 nitrogen and oxygen atoms in total. The molecule has 0 aromatic heterocycles. The number of ether oxygens (including phenoxy) is 1. The summed E-state index contributed by atoms with van der Waals surface area (Å²) in [5.41, 5.74) is 1.67. The van der Waals surface area contributed by atoms with Crippen molar-refractivity contribution in [3.05, 3.63) is 33.8 Å². The molecular weight excluding hydrogens is 228 g/mol. The van der Waals surface area contributed by atoms with Gasteiger partial charge >= 0.3 is 5.97 Å². The van der Waals surface area contributed by atoms with Gasteiger partial charge in [-0.25, -0.2) is 4.79 Å². The Hall–Kier alpha value is -1.35. The van der Waals surface area contributed by atoms with Crippen molar-refractivity contribution in [1.29, 1.82) is 0 Å². The highest BCUT2D eigenvalue weighted by Crippen LogP contribution is 2.23. The monoisotopic (exact) mass is 240 g/mol. The molecule has 0 aliphatic carbocycles. The third-order valence-electron chi connectivity index (χ3n) is 2.30. The van der Waals surface area contributed by atoms with E-state index in [0.29, 0.717) is 16.1 Å². The normalized spacial score (nSPS) is 10.0. The number of Topliss-reactive ketones (excluding diaryl/α,β-unsaturated/α-hetero) is 1. The smallest absolute Gasteiger partial charge is 0.379 e. The Morgan fingerprint density at radius 1 is 1.31 bits per heavy atom. The zero-order chi connectivity index (χ0) is 12.3. The lowest BCUT2D eigenvalue weighted by molar-refractivity contribution is -0.137. The fraction of sp³-hybridized carbons (Fsp3) is 0.333. The number of aryl methyl sites for hydroxylation is 1. The van der Waals surface area contributed by atoms with E-state index < -0.39 is 11.8 Å². The molecule has 0 fully saturated rings. The van der Waals surface area contributed by atoms with Crippen molar-refractivity contribution < 1.29 is 14.3 Å². The molecule has 1 rings (SSSR count). The van der Waals surface area contributed by atoms with Gasteiger partial charge in [-0.1, -0.05) is 17.7 Å². The minimum atomic E-state index is -0.837. The van der Waals surface area contributed by atoms with Crippen molar-refractivity contribution in [2.75, 3.05) is 6.61 Å². The highest BCUT2D eigenvalue weighted by molar-refractivity contribution is 6.42. The number of carbonyl (C=O) groups excluding carboxylic acids is 2. The second-order valence-corrected chi connectivity index (χ2v) is 3.82. The Balaban J connectivity index is 3.18. The van der Waals surface area contributed by atoms with Crippen molar-refractivity contribution in [3.8, 4) is 0 Å². The second kappa shape index (κ2) is 5.12. The minimum absolute atomic E-state index is 0.184. The topological polar surface area (TPSA) is 43.4 Å². The average Bonchev–Trinajstić information content (AvgIpc) is 2.24. The third kappa shape index (κ3) is 2.42. The van der Waals surface area contributed by atoms with Crippen LogP contribution in [0.3, 0.4) is 0 Å². The molecule has 0 N–H and O–H groups in total. The first-order valence-corrected chi connectivity index (χ1v) is 5.34. The Bertz CT molecular complexity index is 438. The van der Waals surface area contributed by atoms with Crippen molar-refractivity contribution >= 4 is 23.4 Å². The number of hydrogen-bond donors (Lipinski definition) is 0. The third-order valence-corrected chi connectivity index (χ3v) is 2.70. The molecule has 86 valence electrons. The van der Waals surface area contributed by atoms with E-state index in [1.165, 1.54) is 0 Å². The van der Waals surface area contributed by atoms with Gasteiger partial charge in [0, 0.05) is 10.6 Å². The van der Waals surface area contributed by atoms with E-state index in [9.17, 15) is 9.59 Å². The van der Waals surface area contributed by atoms with Crippen LogP contribution in [-0.4, -0.2) is 18.4 Å². The molecule has 0 atom stereocenters. The number of rotatable bonds is 3. The van der Waals surface area contributed by atoms with Crippen molar-refractivity contribution in [3.63, 3.8) is 0 Å². The molecular formula is C12H13ClO3. The zero-order valence-electron chi connectivity index (χ0n) is 9.46. The summed E-state index contributed by atoms with van der Waals surface area (Å²) in [5, 5.41) is 0.471. The Morgan fingerprint density at radius 2 is 1.94 bits per heavy atom. The lowest BCUT2D eigenvalue weighted by atomic mass is 9.99. The van der Waals surface area contributed by atoms with Crippen LogP contribution in [0.25, 0.3) is 0 Å². The summed E-state index contributed by atoms with van der Waals surface area (Å²) >= 11 is 5.91. The van der Waals surface area contributed by atoms with E-state index in [1.54, 1.807) is 32.9 Å². The summed E-state index contributed by atoms with van der Waals surface area (Å²) in [6.45, 7) is 5.31. The van der Waals surface area contributed by atoms with Crippen molar-refractivity contribution in [1.82, 2.24) is 0 Å². The van der Waals surface area contributed by atoms with Gasteiger partial charge in [0.15, 0.2) is 0 Å². The van der Waals surface area contributed by atoms with Crippen LogP contribution in [0.4, 0.5) is 0 Å². The van der Waals surface area contributed by atoms with Gasteiger partial charge in [0.05, 0.1) is 6.61 Å². The highest BCUT2D eigenvalue weighted by Gasteiger charge is 2.22. The molecule has 0 saturated heterocycles. The van der Waals surface area contributed by atoms with Gasteiger partial charge in [-0.3, -0.25) is 4.79 Å². The van der Waals surface area contributed by atoms with Crippen LogP contribution in [-0.2, 0) is 9.53 Å². The lowest BCUT2D eigenvalue weighted by Gasteiger charge is -2.09. The predicted molar refractivity (Wildman–Crippen MR) is 61.9 cm³/mol. The largest absolute Gasteiger partial charge is 0.460 e. The quantitative estimate of drug-likeness (QED) is 0.464. The summed E-state index contributed by atoms with van der Waals surface area (Å²) in [7, 11) is 0. The molecule has 1 aromatic rings. The van der Waals surface area contributed by atoms with Crippen molar-refractivity contribution in [2.24, 2.45) is 0 Å². The number of carbonyl (C=O) groups is 2. The van der Waals surface area contributed by atoms with Gasteiger partial charge in [0.2, 0.25) is 0 Å². The van der Waals surface area contributed by atoms with Crippen LogP contribution >= 0.6 is 11.6 Å². The van der Waals surface area contributed by atoms with Gasteiger partial charge in [-0.05, 0) is 38.0 Å². The maximum absolute atomic E-state index is 11.8. The van der Waals surface area contributed by atoms with E-state index in [-0.39, 0.29) is 6.61 Å². The molecule has 0 bridgehead atoms. The minimum Gasteiger partial charge on any atom is -0.460 e. The summed E-state index contributed by atoms with van der Waals surface area (Å²) in [6, 6.07) is 3.41. The zero-order valence-corrected chi connectivity index (χ0v) is 10.2. The van der Waals surface area contributed by atoms with Crippen LogP contribution in [0, 0.1) is 13.8 Å². The van der Waals surface area contributed by atoms with Gasteiger partial charge in [-0.15, -0.1) is 0 Å². The van der Waals surface area contributed by atoms with Crippen LogP contribution in [0.5, 0.6) is 0 Å². The molecule has 0 radical (unpaired) electrons. The van der Waals surface area contributed by atoms with Gasteiger partial charge in [-0.2, -0.15) is 0 Å². The molecule has 16 heavy (non-hydrogen) atoms. The summed E-state index contributed by atoms with van der Waals surface area (Å²) < 4.78 is 4.68. The maximum Gasteiger partial charge on any atom is 0.379 e. The van der Waals surface area contributed by atoms with Crippen LogP contribution < -0.4 is 0 Å². The van der Waals surface area contributed by atoms with Crippen LogP contribution in [0.15, 0.2) is 12.1 Å². The first-order chi connectivity index (χ1) is 7.49. The SMILES string of the molecule is CCOC(=O)C(=O)c1c(C)ccc(Cl)c1C. The van der Waals surface area contributed by atoms with E-state index in [0.717, 1.165) is 5.56 Å². The molecule has 0 unspecified atom stereocenters. The number of halogens is 1. The molecule has 0 saturated carbocycles. The molecule has 0 aliphatic heterocycles. The molecule has 0 heterocycles. The first-order valence-electron chi connectivity index (χ1n) is 4.96. The van der Waals surface area contributed by atoms with E-state index in [1.807, 2.05) is 0 Å². The molecule has 0 aliphatic rings. The van der Waals surface area contributed by atoms with E-state index >= 15 is 0 Å². The number of hydrogen-bond acceptors (Lipinski definition) is 3. The Labute approximate surface area is 99.4 Å². The second-order valence-electron chi connectivity index (χ2n) is 3.41. The maximum atomic E-state index is 11.8. The predicted octanol–water partition coefficient (Wildman–Crippen LogP) is 2.70. The van der Waals surface area contributed by atoms with Crippen LogP contribution in [0.1, 0.15) is 28.4 Å². The fourth-order valence-corrected chi connectivity index (χ4v) is 1.63. The lowest BCUT2D eigenvalue weighted by Crippen LogP contribution is -2.19. The molecule has 1 aromatic carbocycles. The fourth-order valence-electron chi connectivity index (χ4n) is 1.47. The number of esters is 1. The molecule has 0 amide bonds. The highest BCUT2D eigenvalue weighted by atomic mass is 35.5. The summed E-state index contributed by atoms with van der Waals surface area (Å²) in [5.74, 6) is -1.48. The van der Waals surface area contributed by atoms with Crippen LogP contribution in [0.2, 0.25) is 5.02 Å². The molecule has 0 spiro atoms. The number of benzene rings is 1. The van der Waals surface area contributed by atoms with Gasteiger partial charge < -0.3 is 4.74 Å². The summed E-state index contributed by atoms with van der Waals surface area (Å²) in [6.07, 6.45) is 0. The van der Waals surface area contributed by atoms with Crippen molar-refractivity contribution in [2.45, 2.75) is 20.8 Å². The van der Waals surface area contributed by atoms with Gasteiger partial charge in [0.1, 0.15) is 0 Å². The first kappa shape index (κ1) is 12.7. The molecule has 4 heteroatoms. The van der Waals surface area contributed by atoms with E-state index in [4.69, 9.17) is 11.6 Å². The Morgan fingerprint density at radius 3 is 2.50 bits per heavy atom. The summed E-state index contributed by atoms with van der Waals surface area (Å²) in [4.78, 5) is 23.1. The van der Waals surface area contributed by atoms with Gasteiger partial charge in [0.25, 0.3) is 5.78 Å².